The van der Waals surface area contributed by atoms with Crippen LogP contribution >= 0.6 is 15.9 Å². The predicted molar refractivity (Wildman–Crippen MR) is 106 cm³/mol. The van der Waals surface area contributed by atoms with Crippen LogP contribution in [0.4, 0.5) is 5.69 Å². The van der Waals surface area contributed by atoms with E-state index in [9.17, 15) is 4.79 Å². The van der Waals surface area contributed by atoms with Crippen LogP contribution in [-0.2, 0) is 16.1 Å². The summed E-state index contributed by atoms with van der Waals surface area (Å²) in [7, 11) is 3.29. The third kappa shape index (κ3) is 6.00. The Kier molecular flexibility index (Phi) is 6.99. The summed E-state index contributed by atoms with van der Waals surface area (Å²) in [6.45, 7) is 4.77. The minimum absolute atomic E-state index is 0.207. The topological polar surface area (TPSA) is 65.4 Å². The molecule has 0 radical (unpaired) electrons. The Morgan fingerprint density at radius 2 is 2.15 bits per heavy atom. The maximum absolute atomic E-state index is 12.1. The molecule has 1 heterocycles. The zero-order valence-corrected chi connectivity index (χ0v) is 17.0. The van der Waals surface area contributed by atoms with E-state index in [1.807, 2.05) is 32.0 Å². The van der Waals surface area contributed by atoms with E-state index in [2.05, 4.69) is 26.3 Å². The highest BCUT2D eigenvalue weighted by Crippen LogP contribution is 2.24. The Labute approximate surface area is 162 Å². The van der Waals surface area contributed by atoms with Gasteiger partial charge in [-0.1, -0.05) is 15.9 Å². The summed E-state index contributed by atoms with van der Waals surface area (Å²) in [6, 6.07) is 5.61. The highest BCUT2D eigenvalue weighted by atomic mass is 79.9. The average molecular weight is 422 g/mol. The van der Waals surface area contributed by atoms with E-state index in [0.29, 0.717) is 18.0 Å². The largest absolute Gasteiger partial charge is 0.496 e. The number of rotatable bonds is 8. The lowest BCUT2D eigenvalue weighted by Crippen LogP contribution is -2.24. The molecule has 0 saturated carbocycles. The number of nitrogens with zero attached hydrogens (tertiary/aromatic N) is 2. The van der Waals surface area contributed by atoms with Crippen LogP contribution in [0.25, 0.3) is 6.08 Å². The third-order valence-electron chi connectivity index (χ3n) is 4.00. The van der Waals surface area contributed by atoms with Crippen LogP contribution in [0, 0.1) is 0 Å². The molecule has 1 aromatic carbocycles. The van der Waals surface area contributed by atoms with Gasteiger partial charge in [-0.15, -0.1) is 0 Å². The van der Waals surface area contributed by atoms with E-state index in [0.717, 1.165) is 16.5 Å². The first kappa shape index (κ1) is 20.2. The molecule has 1 N–H and O–H groups in total. The maximum Gasteiger partial charge on any atom is 0.248 e. The summed E-state index contributed by atoms with van der Waals surface area (Å²) in [5, 5.41) is 7.06. The van der Waals surface area contributed by atoms with E-state index in [1.54, 1.807) is 37.4 Å². The fourth-order valence-electron chi connectivity index (χ4n) is 2.22. The van der Waals surface area contributed by atoms with Crippen LogP contribution in [-0.4, -0.2) is 35.5 Å². The standard InChI is InChI=1S/C19H24BrN3O3/c1-19(2,26-4)9-10-23-13-16(12-21-23)22-18(24)8-5-14-11-15(20)6-7-17(14)25-3/h5-8,11-13H,9-10H2,1-4H3,(H,22,24)/b8-5+. The van der Waals surface area contributed by atoms with Crippen molar-refractivity contribution in [2.75, 3.05) is 19.5 Å². The summed E-state index contributed by atoms with van der Waals surface area (Å²) >= 11 is 3.41. The molecular formula is C19H24BrN3O3. The van der Waals surface area contributed by atoms with Crippen molar-refractivity contribution in [3.8, 4) is 5.75 Å². The van der Waals surface area contributed by atoms with Crippen molar-refractivity contribution in [1.29, 1.82) is 0 Å². The second-order valence-electron chi connectivity index (χ2n) is 6.41. The van der Waals surface area contributed by atoms with Gasteiger partial charge in [-0.3, -0.25) is 9.48 Å². The van der Waals surface area contributed by atoms with E-state index < -0.39 is 0 Å². The van der Waals surface area contributed by atoms with Gasteiger partial charge in [0.25, 0.3) is 0 Å². The normalized spacial score (nSPS) is 11.7. The number of hydrogen-bond acceptors (Lipinski definition) is 4. The molecule has 1 amide bonds. The first-order valence-electron chi connectivity index (χ1n) is 8.23. The van der Waals surface area contributed by atoms with E-state index in [1.165, 1.54) is 6.08 Å². The number of aromatic nitrogens is 2. The van der Waals surface area contributed by atoms with Crippen LogP contribution in [0.3, 0.4) is 0 Å². The monoisotopic (exact) mass is 421 g/mol. The highest BCUT2D eigenvalue weighted by Gasteiger charge is 2.16. The van der Waals surface area contributed by atoms with Crippen molar-refractivity contribution in [2.24, 2.45) is 0 Å². The molecular weight excluding hydrogens is 398 g/mol. The molecule has 0 aliphatic heterocycles. The SMILES string of the molecule is COc1ccc(Br)cc1/C=C/C(=O)Nc1cnn(CCC(C)(C)OC)c1. The summed E-state index contributed by atoms with van der Waals surface area (Å²) in [5.41, 5.74) is 1.26. The van der Waals surface area contributed by atoms with E-state index in [-0.39, 0.29) is 11.5 Å². The molecule has 0 saturated heterocycles. The molecule has 140 valence electrons. The van der Waals surface area contributed by atoms with Crippen molar-refractivity contribution in [3.05, 3.63) is 46.7 Å². The molecule has 0 spiro atoms. The van der Waals surface area contributed by atoms with Gasteiger partial charge in [-0.05, 0) is 44.5 Å². The summed E-state index contributed by atoms with van der Waals surface area (Å²) in [6.07, 6.45) is 7.43. The fraction of sp³-hybridized carbons (Fsp3) is 0.368. The average Bonchev–Trinajstić information content (AvgIpc) is 3.06. The number of amides is 1. The van der Waals surface area contributed by atoms with Crippen LogP contribution in [0.5, 0.6) is 5.75 Å². The van der Waals surface area contributed by atoms with Crippen molar-refractivity contribution in [3.63, 3.8) is 0 Å². The Morgan fingerprint density at radius 3 is 2.85 bits per heavy atom. The lowest BCUT2D eigenvalue weighted by molar-refractivity contribution is -0.111. The van der Waals surface area contributed by atoms with Crippen molar-refractivity contribution in [2.45, 2.75) is 32.4 Å². The number of halogens is 1. The number of ether oxygens (including phenoxy) is 2. The molecule has 6 nitrogen and oxygen atoms in total. The highest BCUT2D eigenvalue weighted by molar-refractivity contribution is 9.10. The Hall–Kier alpha value is -2.12. The smallest absolute Gasteiger partial charge is 0.248 e. The zero-order chi connectivity index (χ0) is 19.2. The van der Waals surface area contributed by atoms with Gasteiger partial charge in [-0.2, -0.15) is 5.10 Å². The van der Waals surface area contributed by atoms with Gasteiger partial charge < -0.3 is 14.8 Å². The van der Waals surface area contributed by atoms with Crippen LogP contribution in [0.1, 0.15) is 25.8 Å². The van der Waals surface area contributed by atoms with Gasteiger partial charge in [0, 0.05) is 36.0 Å². The molecule has 2 rings (SSSR count). The van der Waals surface area contributed by atoms with Crippen LogP contribution in [0.15, 0.2) is 41.1 Å². The first-order chi connectivity index (χ1) is 12.3. The van der Waals surface area contributed by atoms with Gasteiger partial charge >= 0.3 is 0 Å². The summed E-state index contributed by atoms with van der Waals surface area (Å²) < 4.78 is 13.4. The summed E-state index contributed by atoms with van der Waals surface area (Å²) in [4.78, 5) is 12.1. The molecule has 0 atom stereocenters. The Bertz CT molecular complexity index is 784. The Balaban J connectivity index is 1.95. The number of benzene rings is 1. The molecule has 0 aliphatic rings. The molecule has 0 fully saturated rings. The molecule has 0 unspecified atom stereocenters. The second kappa shape index (κ2) is 9.00. The second-order valence-corrected chi connectivity index (χ2v) is 7.33. The number of methoxy groups -OCH3 is 2. The minimum Gasteiger partial charge on any atom is -0.496 e. The summed E-state index contributed by atoms with van der Waals surface area (Å²) in [5.74, 6) is 0.467. The van der Waals surface area contributed by atoms with Crippen molar-refractivity contribution >= 4 is 33.6 Å². The Morgan fingerprint density at radius 1 is 1.38 bits per heavy atom. The molecule has 0 aliphatic carbocycles. The molecule has 1 aromatic heterocycles. The van der Waals surface area contributed by atoms with Gasteiger partial charge in [0.15, 0.2) is 0 Å². The lowest BCUT2D eigenvalue weighted by atomic mass is 10.1. The first-order valence-corrected chi connectivity index (χ1v) is 9.02. The molecule has 7 heteroatoms. The molecule has 0 bridgehead atoms. The fourth-order valence-corrected chi connectivity index (χ4v) is 2.60. The van der Waals surface area contributed by atoms with Gasteiger partial charge in [-0.25, -0.2) is 0 Å². The van der Waals surface area contributed by atoms with Gasteiger partial charge in [0.2, 0.25) is 5.91 Å². The third-order valence-corrected chi connectivity index (χ3v) is 4.50. The minimum atomic E-state index is -0.233. The van der Waals surface area contributed by atoms with E-state index in [4.69, 9.17) is 9.47 Å². The van der Waals surface area contributed by atoms with Crippen LogP contribution in [0.2, 0.25) is 0 Å². The van der Waals surface area contributed by atoms with Crippen LogP contribution < -0.4 is 10.1 Å². The van der Waals surface area contributed by atoms with Crippen molar-refractivity contribution in [1.82, 2.24) is 9.78 Å². The number of carbonyl (C=O) groups is 1. The zero-order valence-electron chi connectivity index (χ0n) is 15.5. The number of nitrogens with one attached hydrogen (secondary N) is 1. The molecule has 2 aromatic rings. The number of aryl methyl sites for hydroxylation is 1. The molecule has 26 heavy (non-hydrogen) atoms. The number of hydrogen-bond donors (Lipinski definition) is 1. The number of anilines is 1. The van der Waals surface area contributed by atoms with Crippen molar-refractivity contribution < 1.29 is 14.3 Å². The lowest BCUT2D eigenvalue weighted by Gasteiger charge is -2.22. The maximum atomic E-state index is 12.1. The van der Waals surface area contributed by atoms with E-state index >= 15 is 0 Å². The predicted octanol–water partition coefficient (Wildman–Crippen LogP) is 4.12. The number of carbonyl (C=O) groups excluding carboxylic acids is 1. The quantitative estimate of drug-likeness (QED) is 0.650. The van der Waals surface area contributed by atoms with Gasteiger partial charge in [0.1, 0.15) is 5.75 Å². The van der Waals surface area contributed by atoms with Gasteiger partial charge in [0.05, 0.1) is 24.6 Å².